The topological polar surface area (TPSA) is 48.9 Å². The van der Waals surface area contributed by atoms with Crippen molar-refractivity contribution in [3.05, 3.63) is 0 Å². The Morgan fingerprint density at radius 2 is 2.31 bits per heavy atom. The molecule has 16 heavy (non-hydrogen) atoms. The maximum Gasteiger partial charge on any atom is 0.191 e. The molecule has 0 aromatic rings. The molecule has 94 valence electrons. The molecule has 0 spiro atoms. The van der Waals surface area contributed by atoms with Gasteiger partial charge in [0.05, 0.1) is 12.7 Å². The van der Waals surface area contributed by atoms with Crippen LogP contribution in [0.15, 0.2) is 4.99 Å². The number of hydrogen-bond acceptors (Lipinski definition) is 3. The van der Waals surface area contributed by atoms with Crippen LogP contribution in [0, 0.1) is 0 Å². The average molecular weight is 228 g/mol. The number of aliphatic imine (C=N–C) groups is 1. The molecule has 5 nitrogen and oxygen atoms in total. The molecule has 1 unspecified atom stereocenters. The molecule has 1 fully saturated rings. The first-order valence-corrected chi connectivity index (χ1v) is 5.89. The van der Waals surface area contributed by atoms with Gasteiger partial charge in [0, 0.05) is 32.7 Å². The van der Waals surface area contributed by atoms with E-state index in [1.807, 2.05) is 0 Å². The number of guanidine groups is 1. The lowest BCUT2D eigenvalue weighted by Gasteiger charge is -2.30. The maximum atomic E-state index is 5.66. The Kier molecular flexibility index (Phi) is 5.55. The number of morpholine rings is 1. The van der Waals surface area contributed by atoms with E-state index in [9.17, 15) is 0 Å². The molecule has 1 saturated heterocycles. The van der Waals surface area contributed by atoms with Gasteiger partial charge in [-0.3, -0.25) is 4.99 Å². The summed E-state index contributed by atoms with van der Waals surface area (Å²) in [6, 6.07) is 0.390. The predicted octanol–water partition coefficient (Wildman–Crippen LogP) is -0.110. The summed E-state index contributed by atoms with van der Waals surface area (Å²) in [7, 11) is 3.91. The Balaban J connectivity index is 2.26. The molecule has 1 aliphatic rings. The molecule has 0 aromatic carbocycles. The third-order valence-electron chi connectivity index (χ3n) is 2.49. The molecule has 1 rings (SSSR count). The molecule has 0 amide bonds. The summed E-state index contributed by atoms with van der Waals surface area (Å²) in [5.74, 6) is 0.840. The highest BCUT2D eigenvalue weighted by Gasteiger charge is 2.17. The van der Waals surface area contributed by atoms with Gasteiger partial charge in [-0.15, -0.1) is 0 Å². The summed E-state index contributed by atoms with van der Waals surface area (Å²) in [5, 5.41) is 6.53. The summed E-state index contributed by atoms with van der Waals surface area (Å²) in [5.41, 5.74) is 0. The number of hydrogen-bond donors (Lipinski definition) is 2. The van der Waals surface area contributed by atoms with Crippen LogP contribution in [0.5, 0.6) is 0 Å². The lowest BCUT2D eigenvalue weighted by atomic mass is 10.3. The maximum absolute atomic E-state index is 5.66. The summed E-state index contributed by atoms with van der Waals surface area (Å²) >= 11 is 0. The summed E-state index contributed by atoms with van der Waals surface area (Å²) in [6.45, 7) is 7.81. The molecule has 0 aliphatic carbocycles. The monoisotopic (exact) mass is 228 g/mol. The summed E-state index contributed by atoms with van der Waals surface area (Å²) < 4.78 is 5.66. The number of rotatable bonds is 3. The van der Waals surface area contributed by atoms with Crippen LogP contribution in [0.25, 0.3) is 0 Å². The molecular formula is C11H24N4O. The zero-order chi connectivity index (χ0) is 12.0. The Hall–Kier alpha value is -0.810. The second-order valence-corrected chi connectivity index (χ2v) is 4.51. The van der Waals surface area contributed by atoms with E-state index in [0.717, 1.165) is 32.2 Å². The van der Waals surface area contributed by atoms with Gasteiger partial charge in [0.2, 0.25) is 0 Å². The van der Waals surface area contributed by atoms with E-state index < -0.39 is 0 Å². The summed E-state index contributed by atoms with van der Waals surface area (Å²) in [6.07, 6.45) is 0.254. The van der Waals surface area contributed by atoms with Gasteiger partial charge >= 0.3 is 0 Å². The Morgan fingerprint density at radius 3 is 2.88 bits per heavy atom. The molecule has 2 N–H and O–H groups in total. The second-order valence-electron chi connectivity index (χ2n) is 4.51. The Bertz CT molecular complexity index is 230. The molecular weight excluding hydrogens is 204 g/mol. The molecule has 1 atom stereocenters. The van der Waals surface area contributed by atoms with Crippen LogP contribution in [0.3, 0.4) is 0 Å². The lowest BCUT2D eigenvalue weighted by molar-refractivity contribution is -0.0161. The van der Waals surface area contributed by atoms with Crippen LogP contribution in [0.4, 0.5) is 0 Å². The highest BCUT2D eigenvalue weighted by Crippen LogP contribution is 2.01. The highest BCUT2D eigenvalue weighted by molar-refractivity contribution is 5.79. The van der Waals surface area contributed by atoms with Crippen LogP contribution < -0.4 is 10.6 Å². The molecule has 5 heteroatoms. The Morgan fingerprint density at radius 1 is 1.56 bits per heavy atom. The van der Waals surface area contributed by atoms with E-state index in [0.29, 0.717) is 6.04 Å². The van der Waals surface area contributed by atoms with E-state index in [-0.39, 0.29) is 6.10 Å². The van der Waals surface area contributed by atoms with Crippen molar-refractivity contribution in [2.45, 2.75) is 26.0 Å². The van der Waals surface area contributed by atoms with Crippen molar-refractivity contribution in [1.29, 1.82) is 0 Å². The van der Waals surface area contributed by atoms with E-state index in [1.54, 1.807) is 7.05 Å². The minimum atomic E-state index is 0.254. The van der Waals surface area contributed by atoms with Crippen LogP contribution in [-0.2, 0) is 4.74 Å². The van der Waals surface area contributed by atoms with Crippen LogP contribution in [0.2, 0.25) is 0 Å². The van der Waals surface area contributed by atoms with E-state index in [2.05, 4.69) is 41.4 Å². The van der Waals surface area contributed by atoms with Crippen molar-refractivity contribution in [2.75, 3.05) is 40.3 Å². The van der Waals surface area contributed by atoms with Crippen molar-refractivity contribution in [3.63, 3.8) is 0 Å². The number of likely N-dealkylation sites (N-methyl/N-ethyl adjacent to an activating group) is 1. The molecule has 1 aliphatic heterocycles. The number of nitrogens with one attached hydrogen (secondary N) is 2. The number of ether oxygens (including phenoxy) is 1. The average Bonchev–Trinajstić information content (AvgIpc) is 2.24. The van der Waals surface area contributed by atoms with Crippen LogP contribution >= 0.6 is 0 Å². The van der Waals surface area contributed by atoms with Gasteiger partial charge in [0.15, 0.2) is 5.96 Å². The second kappa shape index (κ2) is 6.70. The molecule has 0 radical (unpaired) electrons. The standard InChI is InChI=1S/C11H24N4O/c1-9(2)14-11(12-3)13-7-10-8-15(4)5-6-16-10/h9-10H,5-8H2,1-4H3,(H2,12,13,14). The highest BCUT2D eigenvalue weighted by atomic mass is 16.5. The molecule has 0 saturated carbocycles. The third kappa shape index (κ3) is 4.81. The van der Waals surface area contributed by atoms with Crippen LogP contribution in [0.1, 0.15) is 13.8 Å². The fourth-order valence-corrected chi connectivity index (χ4v) is 1.67. The van der Waals surface area contributed by atoms with E-state index in [4.69, 9.17) is 4.74 Å². The van der Waals surface area contributed by atoms with Gasteiger partial charge in [-0.05, 0) is 20.9 Å². The fraction of sp³-hybridized carbons (Fsp3) is 0.909. The first-order chi connectivity index (χ1) is 7.61. The van der Waals surface area contributed by atoms with Gasteiger partial charge in [0.25, 0.3) is 0 Å². The third-order valence-corrected chi connectivity index (χ3v) is 2.49. The zero-order valence-corrected chi connectivity index (χ0v) is 10.8. The van der Waals surface area contributed by atoms with Crippen molar-refractivity contribution in [1.82, 2.24) is 15.5 Å². The molecule has 0 bridgehead atoms. The van der Waals surface area contributed by atoms with Gasteiger partial charge in [0.1, 0.15) is 0 Å². The predicted molar refractivity (Wildman–Crippen MR) is 66.9 cm³/mol. The van der Waals surface area contributed by atoms with Gasteiger partial charge in [-0.2, -0.15) is 0 Å². The van der Waals surface area contributed by atoms with Crippen LogP contribution in [-0.4, -0.2) is 63.3 Å². The lowest BCUT2D eigenvalue weighted by Crippen LogP contribution is -2.49. The first-order valence-electron chi connectivity index (χ1n) is 5.89. The van der Waals surface area contributed by atoms with Gasteiger partial charge in [-0.25, -0.2) is 0 Å². The Labute approximate surface area is 98.3 Å². The fourth-order valence-electron chi connectivity index (χ4n) is 1.67. The van der Waals surface area contributed by atoms with E-state index in [1.165, 1.54) is 0 Å². The molecule has 1 heterocycles. The normalized spacial score (nSPS) is 23.6. The number of nitrogens with zero attached hydrogens (tertiary/aromatic N) is 2. The largest absolute Gasteiger partial charge is 0.374 e. The summed E-state index contributed by atoms with van der Waals surface area (Å²) in [4.78, 5) is 6.44. The van der Waals surface area contributed by atoms with Crippen molar-refractivity contribution >= 4 is 5.96 Å². The molecule has 0 aromatic heterocycles. The minimum Gasteiger partial charge on any atom is -0.374 e. The van der Waals surface area contributed by atoms with E-state index >= 15 is 0 Å². The smallest absolute Gasteiger partial charge is 0.191 e. The van der Waals surface area contributed by atoms with Gasteiger partial charge < -0.3 is 20.3 Å². The first kappa shape index (κ1) is 13.3. The van der Waals surface area contributed by atoms with Gasteiger partial charge in [-0.1, -0.05) is 0 Å². The SMILES string of the molecule is CN=C(NCC1CN(C)CCO1)NC(C)C. The van der Waals surface area contributed by atoms with Crippen molar-refractivity contribution in [2.24, 2.45) is 4.99 Å². The zero-order valence-electron chi connectivity index (χ0n) is 10.8. The quantitative estimate of drug-likeness (QED) is 0.523. The van der Waals surface area contributed by atoms with Crippen molar-refractivity contribution < 1.29 is 4.74 Å². The van der Waals surface area contributed by atoms with Crippen molar-refractivity contribution in [3.8, 4) is 0 Å². The minimum absolute atomic E-state index is 0.254.